The Labute approximate surface area is 174 Å². The van der Waals surface area contributed by atoms with Crippen molar-refractivity contribution in [2.45, 2.75) is 75.2 Å². The molecule has 3 aliphatic rings. The topological polar surface area (TPSA) is 109 Å². The van der Waals surface area contributed by atoms with Crippen molar-refractivity contribution < 1.29 is 28.6 Å². The molecule has 0 bridgehead atoms. The monoisotopic (exact) mass is 421 g/mol. The predicted molar refractivity (Wildman–Crippen MR) is 105 cm³/mol. The van der Waals surface area contributed by atoms with Crippen LogP contribution in [0.3, 0.4) is 0 Å². The zero-order valence-electron chi connectivity index (χ0n) is 16.7. The van der Waals surface area contributed by atoms with E-state index < -0.39 is 18.3 Å². The number of nitrogens with one attached hydrogen (secondary N) is 3. The molecule has 30 heavy (non-hydrogen) atoms. The Morgan fingerprint density at radius 1 is 1.13 bits per heavy atom. The first-order chi connectivity index (χ1) is 14.5. The van der Waals surface area contributed by atoms with E-state index in [0.717, 1.165) is 24.8 Å². The van der Waals surface area contributed by atoms with Crippen LogP contribution >= 0.6 is 0 Å². The van der Waals surface area contributed by atoms with Gasteiger partial charge in [-0.3, -0.25) is 4.79 Å². The molecule has 9 heteroatoms. The van der Waals surface area contributed by atoms with E-state index in [2.05, 4.69) is 16.0 Å². The van der Waals surface area contributed by atoms with Gasteiger partial charge in [0.05, 0.1) is 18.6 Å². The molecule has 3 amide bonds. The lowest BCUT2D eigenvalue weighted by atomic mass is 9.93. The molecule has 0 aromatic heterocycles. The molecule has 2 saturated heterocycles. The Bertz CT molecular complexity index is 758. The van der Waals surface area contributed by atoms with Crippen molar-refractivity contribution >= 4 is 11.9 Å². The van der Waals surface area contributed by atoms with E-state index in [9.17, 15) is 19.1 Å². The van der Waals surface area contributed by atoms with Crippen molar-refractivity contribution in [3.8, 4) is 0 Å². The number of aliphatic hydroxyl groups excluding tert-OH is 1. The molecule has 164 valence electrons. The Kier molecular flexibility index (Phi) is 6.50. The first-order valence-corrected chi connectivity index (χ1v) is 10.5. The molecule has 2 heterocycles. The van der Waals surface area contributed by atoms with E-state index in [-0.39, 0.29) is 49.0 Å². The molecular weight excluding hydrogens is 393 g/mol. The van der Waals surface area contributed by atoms with E-state index in [4.69, 9.17) is 9.47 Å². The van der Waals surface area contributed by atoms with Crippen LogP contribution in [0.4, 0.5) is 9.18 Å². The quantitative estimate of drug-likeness (QED) is 0.525. The lowest BCUT2D eigenvalue weighted by Gasteiger charge is -2.27. The molecule has 1 aromatic rings. The summed E-state index contributed by atoms with van der Waals surface area (Å²) in [6, 6.07) is 5.95. The van der Waals surface area contributed by atoms with Crippen LogP contribution in [0, 0.1) is 5.82 Å². The standard InChI is InChI=1S/C21H28FN3O5/c22-13-6-4-12(5-7-13)10-23-18(26)9-15-8-16-20(29-15)19(27)17(30-16)11-24-21(28)25-14-2-1-3-14/h4-7,14-17,19-20,27H,1-3,8-11H2,(H,23,26)(H2,24,25,28). The van der Waals surface area contributed by atoms with Gasteiger partial charge in [0.25, 0.3) is 0 Å². The van der Waals surface area contributed by atoms with Crippen molar-refractivity contribution in [1.29, 1.82) is 0 Å². The molecule has 1 saturated carbocycles. The highest BCUT2D eigenvalue weighted by Gasteiger charge is 2.50. The van der Waals surface area contributed by atoms with Gasteiger partial charge in [0.15, 0.2) is 0 Å². The Morgan fingerprint density at radius 2 is 1.90 bits per heavy atom. The number of urea groups is 1. The summed E-state index contributed by atoms with van der Waals surface area (Å²) in [5.74, 6) is -0.494. The number of amides is 3. The Hall–Kier alpha value is -2.23. The van der Waals surface area contributed by atoms with E-state index in [0.29, 0.717) is 13.0 Å². The minimum Gasteiger partial charge on any atom is -0.388 e. The van der Waals surface area contributed by atoms with Crippen molar-refractivity contribution in [3.63, 3.8) is 0 Å². The maximum Gasteiger partial charge on any atom is 0.315 e. The number of halogens is 1. The van der Waals surface area contributed by atoms with Gasteiger partial charge in [0.2, 0.25) is 5.91 Å². The smallest absolute Gasteiger partial charge is 0.315 e. The largest absolute Gasteiger partial charge is 0.388 e. The fourth-order valence-corrected chi connectivity index (χ4v) is 4.07. The van der Waals surface area contributed by atoms with Gasteiger partial charge in [-0.15, -0.1) is 0 Å². The molecular formula is C21H28FN3O5. The summed E-state index contributed by atoms with van der Waals surface area (Å²) in [7, 11) is 0. The minimum absolute atomic E-state index is 0.164. The van der Waals surface area contributed by atoms with Gasteiger partial charge >= 0.3 is 6.03 Å². The van der Waals surface area contributed by atoms with Crippen LogP contribution in [0.25, 0.3) is 0 Å². The molecule has 1 aliphatic carbocycles. The second-order valence-electron chi connectivity index (χ2n) is 8.25. The number of hydrogen-bond donors (Lipinski definition) is 4. The molecule has 2 aliphatic heterocycles. The first kappa shape index (κ1) is 21.0. The highest BCUT2D eigenvalue weighted by atomic mass is 19.1. The average molecular weight is 421 g/mol. The minimum atomic E-state index is -0.855. The summed E-state index contributed by atoms with van der Waals surface area (Å²) in [4.78, 5) is 24.0. The number of benzene rings is 1. The van der Waals surface area contributed by atoms with Crippen LogP contribution in [0.2, 0.25) is 0 Å². The van der Waals surface area contributed by atoms with Gasteiger partial charge in [-0.1, -0.05) is 12.1 Å². The number of ether oxygens (including phenoxy) is 2. The van der Waals surface area contributed by atoms with Crippen LogP contribution in [-0.4, -0.2) is 60.2 Å². The van der Waals surface area contributed by atoms with Crippen LogP contribution in [0.1, 0.15) is 37.7 Å². The van der Waals surface area contributed by atoms with Gasteiger partial charge in [-0.05, 0) is 37.0 Å². The van der Waals surface area contributed by atoms with E-state index in [1.165, 1.54) is 12.1 Å². The van der Waals surface area contributed by atoms with E-state index in [1.54, 1.807) is 12.1 Å². The third kappa shape index (κ3) is 5.08. The first-order valence-electron chi connectivity index (χ1n) is 10.5. The van der Waals surface area contributed by atoms with Gasteiger partial charge < -0.3 is 30.5 Å². The fraction of sp³-hybridized carbons (Fsp3) is 0.619. The number of hydrogen-bond acceptors (Lipinski definition) is 5. The zero-order chi connectivity index (χ0) is 21.1. The van der Waals surface area contributed by atoms with Crippen LogP contribution in [-0.2, 0) is 20.8 Å². The second kappa shape index (κ2) is 9.28. The van der Waals surface area contributed by atoms with Crippen LogP contribution in [0.15, 0.2) is 24.3 Å². The van der Waals surface area contributed by atoms with Crippen molar-refractivity contribution in [2.24, 2.45) is 0 Å². The van der Waals surface area contributed by atoms with E-state index >= 15 is 0 Å². The summed E-state index contributed by atoms with van der Waals surface area (Å²) in [6.45, 7) is 0.521. The molecule has 1 aromatic carbocycles. The summed E-state index contributed by atoms with van der Waals surface area (Å²) >= 11 is 0. The molecule has 0 radical (unpaired) electrons. The normalized spacial score (nSPS) is 30.4. The molecule has 5 unspecified atom stereocenters. The van der Waals surface area contributed by atoms with Crippen LogP contribution < -0.4 is 16.0 Å². The van der Waals surface area contributed by atoms with Gasteiger partial charge in [-0.2, -0.15) is 0 Å². The van der Waals surface area contributed by atoms with Gasteiger partial charge in [0.1, 0.15) is 24.1 Å². The third-order valence-electron chi connectivity index (χ3n) is 6.00. The fourth-order valence-electron chi connectivity index (χ4n) is 4.07. The Morgan fingerprint density at radius 3 is 2.57 bits per heavy atom. The number of carbonyl (C=O) groups excluding carboxylic acids is 2. The molecule has 8 nitrogen and oxygen atoms in total. The van der Waals surface area contributed by atoms with Crippen molar-refractivity contribution in [2.75, 3.05) is 6.54 Å². The number of fused-ring (bicyclic) bond motifs is 1. The van der Waals surface area contributed by atoms with Gasteiger partial charge in [0, 0.05) is 25.6 Å². The average Bonchev–Trinajstić information content (AvgIpc) is 3.21. The number of carbonyl (C=O) groups is 2. The number of aliphatic hydroxyl groups is 1. The molecule has 4 N–H and O–H groups in total. The lowest BCUT2D eigenvalue weighted by molar-refractivity contribution is -0.124. The maximum atomic E-state index is 12.9. The Balaban J connectivity index is 1.16. The predicted octanol–water partition coefficient (Wildman–Crippen LogP) is 0.970. The maximum absolute atomic E-state index is 12.9. The van der Waals surface area contributed by atoms with Crippen LogP contribution in [0.5, 0.6) is 0 Å². The lowest BCUT2D eigenvalue weighted by Crippen LogP contribution is -2.48. The summed E-state index contributed by atoms with van der Waals surface area (Å²) in [6.07, 6.45) is 1.32. The van der Waals surface area contributed by atoms with Gasteiger partial charge in [-0.25, -0.2) is 9.18 Å². The summed E-state index contributed by atoms with van der Waals surface area (Å²) in [5.41, 5.74) is 0.810. The molecule has 4 rings (SSSR count). The third-order valence-corrected chi connectivity index (χ3v) is 6.00. The number of rotatable bonds is 7. The molecule has 5 atom stereocenters. The van der Waals surface area contributed by atoms with Crippen molar-refractivity contribution in [3.05, 3.63) is 35.6 Å². The SMILES string of the molecule is O=C(CC1CC2OC(CNC(=O)NC3CCC3)C(O)C2O1)NCc1ccc(F)cc1. The zero-order valence-corrected chi connectivity index (χ0v) is 16.7. The summed E-state index contributed by atoms with van der Waals surface area (Å²) in [5, 5.41) is 18.9. The second-order valence-corrected chi connectivity index (χ2v) is 8.25. The van der Waals surface area contributed by atoms with Crippen molar-refractivity contribution in [1.82, 2.24) is 16.0 Å². The van der Waals surface area contributed by atoms with E-state index in [1.807, 2.05) is 0 Å². The molecule has 3 fully saturated rings. The molecule has 0 spiro atoms. The highest BCUT2D eigenvalue weighted by Crippen LogP contribution is 2.35. The highest BCUT2D eigenvalue weighted by molar-refractivity contribution is 5.76. The summed E-state index contributed by atoms with van der Waals surface area (Å²) < 4.78 is 24.6.